The maximum Gasteiger partial charge on any atom is 0.260 e. The van der Waals surface area contributed by atoms with Crippen LogP contribution in [-0.4, -0.2) is 51.0 Å². The molecule has 33 heavy (non-hydrogen) atoms. The van der Waals surface area contributed by atoms with Crippen molar-refractivity contribution in [1.29, 1.82) is 0 Å². The Hall–Kier alpha value is -2.58. The Balaban J connectivity index is 1.46. The molecule has 0 radical (unpaired) electrons. The van der Waals surface area contributed by atoms with Crippen LogP contribution in [0.25, 0.3) is 0 Å². The monoisotopic (exact) mass is 474 g/mol. The largest absolute Gasteiger partial charge is 0.492 e. The Kier molecular flexibility index (Phi) is 8.37. The Morgan fingerprint density at radius 2 is 1.73 bits per heavy atom. The predicted octanol–water partition coefficient (Wildman–Crippen LogP) is 3.87. The van der Waals surface area contributed by atoms with E-state index in [1.807, 2.05) is 25.1 Å². The van der Waals surface area contributed by atoms with Crippen LogP contribution in [-0.2, 0) is 14.8 Å². The first-order chi connectivity index (χ1) is 15.7. The number of carbonyl (C=O) groups excluding carboxylic acids is 1. The van der Waals surface area contributed by atoms with E-state index in [9.17, 15) is 13.2 Å². The molecule has 0 aliphatic carbocycles. The molecule has 0 unspecified atom stereocenters. The van der Waals surface area contributed by atoms with Crippen LogP contribution in [0.4, 0.5) is 0 Å². The van der Waals surface area contributed by atoms with E-state index in [2.05, 4.69) is 19.2 Å². The number of hydrogen-bond acceptors (Lipinski definition) is 5. The summed E-state index contributed by atoms with van der Waals surface area (Å²) in [5, 5.41) is 2.82. The van der Waals surface area contributed by atoms with Crippen LogP contribution in [0.5, 0.6) is 11.5 Å². The maximum atomic E-state index is 12.6. The summed E-state index contributed by atoms with van der Waals surface area (Å²) in [6, 6.07) is 12.4. The summed E-state index contributed by atoms with van der Waals surface area (Å²) in [5.41, 5.74) is 2.15. The van der Waals surface area contributed by atoms with Gasteiger partial charge in [-0.3, -0.25) is 4.79 Å². The van der Waals surface area contributed by atoms with Crippen LogP contribution in [0.1, 0.15) is 50.7 Å². The third kappa shape index (κ3) is 6.48. The molecule has 1 N–H and O–H groups in total. The second-order valence-corrected chi connectivity index (χ2v) is 10.6. The lowest BCUT2D eigenvalue weighted by Crippen LogP contribution is -2.38. The molecule has 180 valence electrons. The van der Waals surface area contributed by atoms with Crippen LogP contribution >= 0.6 is 0 Å². The van der Waals surface area contributed by atoms with Crippen molar-refractivity contribution < 1.29 is 22.7 Å². The fourth-order valence-corrected chi connectivity index (χ4v) is 5.25. The van der Waals surface area contributed by atoms with E-state index in [4.69, 9.17) is 9.47 Å². The summed E-state index contributed by atoms with van der Waals surface area (Å²) in [6.45, 7) is 9.62. The van der Waals surface area contributed by atoms with E-state index in [0.29, 0.717) is 31.3 Å². The Bertz CT molecular complexity index is 1040. The van der Waals surface area contributed by atoms with Gasteiger partial charge in [-0.1, -0.05) is 26.0 Å². The average Bonchev–Trinajstić information content (AvgIpc) is 3.32. The molecule has 8 heteroatoms. The van der Waals surface area contributed by atoms with E-state index in [-0.39, 0.29) is 17.4 Å². The number of aryl methyl sites for hydroxylation is 1. The van der Waals surface area contributed by atoms with Crippen molar-refractivity contribution in [2.75, 3.05) is 26.2 Å². The number of nitrogens with zero attached hydrogens (tertiary/aromatic N) is 1. The second kappa shape index (κ2) is 11.0. The molecule has 1 amide bonds. The fraction of sp³-hybridized carbons (Fsp3) is 0.480. The van der Waals surface area contributed by atoms with Gasteiger partial charge in [-0.05, 0) is 74.1 Å². The van der Waals surface area contributed by atoms with Gasteiger partial charge in [0.05, 0.1) is 11.4 Å². The molecule has 1 fully saturated rings. The van der Waals surface area contributed by atoms with Crippen LogP contribution in [0.3, 0.4) is 0 Å². The summed E-state index contributed by atoms with van der Waals surface area (Å²) >= 11 is 0. The van der Waals surface area contributed by atoms with Gasteiger partial charge in [0, 0.05) is 13.1 Å². The topological polar surface area (TPSA) is 84.9 Å². The highest BCUT2D eigenvalue weighted by molar-refractivity contribution is 7.89. The number of carbonyl (C=O) groups is 1. The average molecular weight is 475 g/mol. The molecule has 2 aromatic rings. The van der Waals surface area contributed by atoms with Crippen LogP contribution in [0.2, 0.25) is 0 Å². The highest BCUT2D eigenvalue weighted by atomic mass is 32.2. The zero-order valence-electron chi connectivity index (χ0n) is 19.8. The predicted molar refractivity (Wildman–Crippen MR) is 128 cm³/mol. The first-order valence-corrected chi connectivity index (χ1v) is 12.9. The lowest BCUT2D eigenvalue weighted by molar-refractivity contribution is -0.127. The van der Waals surface area contributed by atoms with E-state index in [1.165, 1.54) is 4.31 Å². The molecule has 1 aliphatic heterocycles. The third-order valence-electron chi connectivity index (χ3n) is 5.66. The molecule has 0 bridgehead atoms. The summed E-state index contributed by atoms with van der Waals surface area (Å²) in [5.74, 6) is 1.35. The molecule has 1 aliphatic rings. The summed E-state index contributed by atoms with van der Waals surface area (Å²) in [4.78, 5) is 12.7. The van der Waals surface area contributed by atoms with Gasteiger partial charge in [-0.15, -0.1) is 0 Å². The first kappa shape index (κ1) is 25.1. The molecule has 1 heterocycles. The minimum absolute atomic E-state index is 0.220. The lowest BCUT2D eigenvalue weighted by atomic mass is 10.0. The molecule has 1 atom stereocenters. The normalized spacial score (nSPS) is 15.4. The minimum atomic E-state index is -3.43. The highest BCUT2D eigenvalue weighted by Gasteiger charge is 2.27. The van der Waals surface area contributed by atoms with Crippen molar-refractivity contribution in [3.05, 3.63) is 53.6 Å². The quantitative estimate of drug-likeness (QED) is 0.529. The summed E-state index contributed by atoms with van der Waals surface area (Å²) in [7, 11) is -3.43. The number of hydrogen-bond donors (Lipinski definition) is 1. The minimum Gasteiger partial charge on any atom is -0.492 e. The van der Waals surface area contributed by atoms with Crippen molar-refractivity contribution in [2.24, 2.45) is 0 Å². The molecule has 7 nitrogen and oxygen atoms in total. The summed E-state index contributed by atoms with van der Waals surface area (Å²) < 4.78 is 38.3. The molecular weight excluding hydrogens is 440 g/mol. The first-order valence-electron chi connectivity index (χ1n) is 11.5. The van der Waals surface area contributed by atoms with E-state index in [1.54, 1.807) is 31.2 Å². The maximum absolute atomic E-state index is 12.6. The molecule has 1 saturated heterocycles. The fourth-order valence-electron chi connectivity index (χ4n) is 3.74. The smallest absolute Gasteiger partial charge is 0.260 e. The van der Waals surface area contributed by atoms with Gasteiger partial charge in [0.1, 0.15) is 18.1 Å². The summed E-state index contributed by atoms with van der Waals surface area (Å²) in [6.07, 6.45) is 1.17. The van der Waals surface area contributed by atoms with Gasteiger partial charge in [0.15, 0.2) is 6.10 Å². The second-order valence-electron chi connectivity index (χ2n) is 8.68. The van der Waals surface area contributed by atoms with E-state index < -0.39 is 16.1 Å². The molecule has 3 rings (SSSR count). The third-order valence-corrected chi connectivity index (χ3v) is 7.57. The number of nitrogens with one attached hydrogen (secondary N) is 1. The van der Waals surface area contributed by atoms with Crippen molar-refractivity contribution in [1.82, 2.24) is 9.62 Å². The number of benzene rings is 2. The Morgan fingerprint density at radius 3 is 2.36 bits per heavy atom. The zero-order valence-corrected chi connectivity index (χ0v) is 20.7. The van der Waals surface area contributed by atoms with Crippen molar-refractivity contribution in [3.8, 4) is 11.5 Å². The molecule has 2 aromatic carbocycles. The van der Waals surface area contributed by atoms with Crippen LogP contribution < -0.4 is 14.8 Å². The standard InChI is InChI=1S/C25H34N2O5S/c1-18(2)23-12-7-19(3)17-24(23)32-20(4)25(28)26-13-16-31-21-8-10-22(11-9-21)33(29,30)27-14-5-6-15-27/h7-12,17-18,20H,5-6,13-16H2,1-4H3,(H,26,28)/t20-/m1/s1. The van der Waals surface area contributed by atoms with Gasteiger partial charge in [-0.2, -0.15) is 4.31 Å². The van der Waals surface area contributed by atoms with E-state index >= 15 is 0 Å². The van der Waals surface area contributed by atoms with Gasteiger partial charge >= 0.3 is 0 Å². The van der Waals surface area contributed by atoms with Gasteiger partial charge in [0.2, 0.25) is 10.0 Å². The molecular formula is C25H34N2O5S. The highest BCUT2D eigenvalue weighted by Crippen LogP contribution is 2.28. The van der Waals surface area contributed by atoms with Gasteiger partial charge in [-0.25, -0.2) is 8.42 Å². The van der Waals surface area contributed by atoms with E-state index in [0.717, 1.165) is 29.7 Å². The van der Waals surface area contributed by atoms with Crippen LogP contribution in [0, 0.1) is 6.92 Å². The number of ether oxygens (including phenoxy) is 2. The zero-order chi connectivity index (χ0) is 24.0. The van der Waals surface area contributed by atoms with Crippen LogP contribution in [0.15, 0.2) is 47.4 Å². The lowest BCUT2D eigenvalue weighted by Gasteiger charge is -2.19. The number of sulfonamides is 1. The van der Waals surface area contributed by atoms with Gasteiger partial charge < -0.3 is 14.8 Å². The molecule has 0 spiro atoms. The molecule has 0 saturated carbocycles. The molecule has 0 aromatic heterocycles. The van der Waals surface area contributed by atoms with Crippen molar-refractivity contribution >= 4 is 15.9 Å². The van der Waals surface area contributed by atoms with Crippen molar-refractivity contribution in [2.45, 2.75) is 57.5 Å². The Labute approximate surface area is 197 Å². The Morgan fingerprint density at radius 1 is 1.06 bits per heavy atom. The number of amides is 1. The van der Waals surface area contributed by atoms with Gasteiger partial charge in [0.25, 0.3) is 5.91 Å². The SMILES string of the molecule is Cc1ccc(C(C)C)c(O[C@H](C)C(=O)NCCOc2ccc(S(=O)(=O)N3CCCC3)cc2)c1. The van der Waals surface area contributed by atoms with Crippen molar-refractivity contribution in [3.63, 3.8) is 0 Å². The number of rotatable bonds is 10.